The maximum atomic E-state index is 11.2. The second-order valence-electron chi connectivity index (χ2n) is 3.91. The number of carbonyl (C=O) groups excluding carboxylic acids is 1. The molecule has 2 rings (SSSR count). The number of aromatic amines is 1. The molecule has 90 valence electrons. The Balaban J connectivity index is 2.66. The fourth-order valence-electron chi connectivity index (χ4n) is 2.01. The van der Waals surface area contributed by atoms with Crippen molar-refractivity contribution in [1.82, 2.24) is 4.98 Å². The second kappa shape index (κ2) is 4.49. The summed E-state index contributed by atoms with van der Waals surface area (Å²) in [5.41, 5.74) is 1.80. The van der Waals surface area contributed by atoms with Crippen LogP contribution in [0.5, 0.6) is 11.5 Å². The van der Waals surface area contributed by atoms with Gasteiger partial charge in [-0.3, -0.25) is 4.79 Å². The lowest BCUT2D eigenvalue weighted by Crippen LogP contribution is -1.96. The molecule has 1 aromatic heterocycles. The Morgan fingerprint density at radius 1 is 1.24 bits per heavy atom. The number of aromatic nitrogens is 1. The number of hydrogen-bond acceptors (Lipinski definition) is 3. The summed E-state index contributed by atoms with van der Waals surface area (Å²) >= 11 is 0. The number of benzene rings is 1. The first kappa shape index (κ1) is 11.5. The van der Waals surface area contributed by atoms with Crippen LogP contribution in [0.25, 0.3) is 10.9 Å². The van der Waals surface area contributed by atoms with Gasteiger partial charge in [-0.15, -0.1) is 0 Å². The predicted octanol–water partition coefficient (Wildman–Crippen LogP) is 2.32. The van der Waals surface area contributed by atoms with E-state index in [0.29, 0.717) is 6.42 Å². The molecule has 1 aromatic carbocycles. The van der Waals surface area contributed by atoms with E-state index in [1.54, 1.807) is 21.1 Å². The molecule has 0 atom stereocenters. The second-order valence-corrected chi connectivity index (χ2v) is 3.91. The Morgan fingerprint density at radius 2 is 1.88 bits per heavy atom. The van der Waals surface area contributed by atoms with Crippen molar-refractivity contribution in [3.8, 4) is 11.5 Å². The lowest BCUT2D eigenvalue weighted by atomic mass is 10.1. The average Bonchev–Trinajstić information content (AvgIpc) is 2.71. The number of carbonyl (C=O) groups is 1. The molecule has 0 amide bonds. The van der Waals surface area contributed by atoms with Crippen molar-refractivity contribution < 1.29 is 14.3 Å². The topological polar surface area (TPSA) is 51.3 Å². The predicted molar refractivity (Wildman–Crippen MR) is 65.8 cm³/mol. The molecule has 1 heterocycles. The van der Waals surface area contributed by atoms with E-state index in [9.17, 15) is 4.79 Å². The summed E-state index contributed by atoms with van der Waals surface area (Å²) in [5.74, 6) is 1.62. The molecule has 4 heteroatoms. The molecule has 0 aliphatic carbocycles. The summed E-state index contributed by atoms with van der Waals surface area (Å²) in [7, 11) is 3.23. The molecule has 0 saturated carbocycles. The fourth-order valence-corrected chi connectivity index (χ4v) is 2.01. The Labute approximate surface area is 99.5 Å². The van der Waals surface area contributed by atoms with E-state index in [4.69, 9.17) is 9.47 Å². The first-order valence-corrected chi connectivity index (χ1v) is 5.37. The molecule has 4 nitrogen and oxygen atoms in total. The van der Waals surface area contributed by atoms with Gasteiger partial charge in [0.1, 0.15) is 17.3 Å². The Kier molecular flexibility index (Phi) is 3.04. The van der Waals surface area contributed by atoms with Crippen LogP contribution < -0.4 is 9.47 Å². The number of H-pyrrole nitrogens is 1. The third kappa shape index (κ3) is 1.98. The van der Waals surface area contributed by atoms with Gasteiger partial charge < -0.3 is 14.5 Å². The van der Waals surface area contributed by atoms with Gasteiger partial charge in [0.25, 0.3) is 0 Å². The van der Waals surface area contributed by atoms with E-state index < -0.39 is 0 Å². The zero-order chi connectivity index (χ0) is 12.4. The minimum atomic E-state index is 0.121. The smallest absolute Gasteiger partial charge is 0.143 e. The number of rotatable bonds is 4. The van der Waals surface area contributed by atoms with Gasteiger partial charge in [-0.05, 0) is 24.6 Å². The average molecular weight is 233 g/mol. The molecule has 0 radical (unpaired) electrons. The molecule has 0 unspecified atom stereocenters. The van der Waals surface area contributed by atoms with E-state index in [0.717, 1.165) is 28.0 Å². The van der Waals surface area contributed by atoms with Crippen molar-refractivity contribution in [1.29, 1.82) is 0 Å². The number of ketones is 1. The van der Waals surface area contributed by atoms with Crippen molar-refractivity contribution in [3.63, 3.8) is 0 Å². The SMILES string of the molecule is COc1ccc(OC)c2c(CC(C)=O)c[nH]c12. The Bertz CT molecular complexity index is 557. The normalized spacial score (nSPS) is 10.5. The maximum Gasteiger partial charge on any atom is 0.143 e. The molecule has 0 saturated heterocycles. The zero-order valence-electron chi connectivity index (χ0n) is 10.2. The third-order valence-corrected chi connectivity index (χ3v) is 2.72. The zero-order valence-corrected chi connectivity index (χ0v) is 10.2. The quantitative estimate of drug-likeness (QED) is 0.881. The number of fused-ring (bicyclic) bond motifs is 1. The van der Waals surface area contributed by atoms with Crippen LogP contribution in [0.1, 0.15) is 12.5 Å². The highest BCUT2D eigenvalue weighted by Gasteiger charge is 2.14. The van der Waals surface area contributed by atoms with Crippen LogP contribution in [0.15, 0.2) is 18.3 Å². The van der Waals surface area contributed by atoms with Gasteiger partial charge >= 0.3 is 0 Å². The molecule has 0 fully saturated rings. The fraction of sp³-hybridized carbons (Fsp3) is 0.308. The van der Waals surface area contributed by atoms with E-state index in [1.807, 2.05) is 18.3 Å². The highest BCUT2D eigenvalue weighted by atomic mass is 16.5. The molecule has 0 spiro atoms. The summed E-state index contributed by atoms with van der Waals surface area (Å²) < 4.78 is 10.6. The van der Waals surface area contributed by atoms with E-state index in [2.05, 4.69) is 4.98 Å². The standard InChI is InChI=1S/C13H15NO3/c1-8(15)6-9-7-14-13-11(17-3)5-4-10(16-2)12(9)13/h4-5,7,14H,6H2,1-3H3. The highest BCUT2D eigenvalue weighted by molar-refractivity contribution is 5.96. The van der Waals surface area contributed by atoms with E-state index >= 15 is 0 Å². The van der Waals surface area contributed by atoms with Gasteiger partial charge in [-0.2, -0.15) is 0 Å². The monoisotopic (exact) mass is 233 g/mol. The maximum absolute atomic E-state index is 11.2. The van der Waals surface area contributed by atoms with E-state index in [-0.39, 0.29) is 5.78 Å². The molecule has 2 aromatic rings. The first-order chi connectivity index (χ1) is 8.17. The Hall–Kier alpha value is -1.97. The molecular formula is C13H15NO3. The lowest BCUT2D eigenvalue weighted by molar-refractivity contribution is -0.116. The number of ether oxygens (including phenoxy) is 2. The molecule has 0 bridgehead atoms. The first-order valence-electron chi connectivity index (χ1n) is 5.37. The lowest BCUT2D eigenvalue weighted by Gasteiger charge is -2.07. The van der Waals surface area contributed by atoms with E-state index in [1.165, 1.54) is 0 Å². The minimum Gasteiger partial charge on any atom is -0.496 e. The summed E-state index contributed by atoms with van der Waals surface area (Å²) in [5, 5.41) is 0.919. The van der Waals surface area contributed by atoms with Crippen LogP contribution in [0.2, 0.25) is 0 Å². The number of methoxy groups -OCH3 is 2. The number of nitrogens with one attached hydrogen (secondary N) is 1. The van der Waals surface area contributed by atoms with Crippen LogP contribution in [0.3, 0.4) is 0 Å². The molecule has 0 aliphatic rings. The van der Waals surface area contributed by atoms with Gasteiger partial charge in [0, 0.05) is 18.0 Å². The van der Waals surface area contributed by atoms with Gasteiger partial charge in [0.05, 0.1) is 19.7 Å². The van der Waals surface area contributed by atoms with Gasteiger partial charge in [-0.25, -0.2) is 0 Å². The largest absolute Gasteiger partial charge is 0.496 e. The number of Topliss-reactive ketones (excluding diaryl/α,β-unsaturated/α-hetero) is 1. The van der Waals surface area contributed by atoms with Crippen LogP contribution in [0, 0.1) is 0 Å². The molecule has 0 aliphatic heterocycles. The van der Waals surface area contributed by atoms with Crippen LogP contribution in [-0.4, -0.2) is 25.0 Å². The van der Waals surface area contributed by atoms with Gasteiger partial charge in [-0.1, -0.05) is 0 Å². The van der Waals surface area contributed by atoms with Crippen molar-refractivity contribution in [2.24, 2.45) is 0 Å². The summed E-state index contributed by atoms with van der Waals surface area (Å²) in [6.45, 7) is 1.57. The van der Waals surface area contributed by atoms with Gasteiger partial charge in [0.15, 0.2) is 0 Å². The van der Waals surface area contributed by atoms with Crippen LogP contribution in [-0.2, 0) is 11.2 Å². The van der Waals surface area contributed by atoms with Crippen molar-refractivity contribution >= 4 is 16.7 Å². The molecule has 1 N–H and O–H groups in total. The molecular weight excluding hydrogens is 218 g/mol. The summed E-state index contributed by atoms with van der Waals surface area (Å²) in [6, 6.07) is 3.69. The van der Waals surface area contributed by atoms with Crippen molar-refractivity contribution in [3.05, 3.63) is 23.9 Å². The number of hydrogen-bond donors (Lipinski definition) is 1. The van der Waals surface area contributed by atoms with Crippen LogP contribution in [0.4, 0.5) is 0 Å². The van der Waals surface area contributed by atoms with Crippen molar-refractivity contribution in [2.75, 3.05) is 14.2 Å². The Morgan fingerprint density at radius 3 is 2.47 bits per heavy atom. The van der Waals surface area contributed by atoms with Crippen LogP contribution >= 0.6 is 0 Å². The van der Waals surface area contributed by atoms with Crippen molar-refractivity contribution in [2.45, 2.75) is 13.3 Å². The van der Waals surface area contributed by atoms with Gasteiger partial charge in [0.2, 0.25) is 0 Å². The highest BCUT2D eigenvalue weighted by Crippen LogP contribution is 2.35. The minimum absolute atomic E-state index is 0.121. The molecule has 17 heavy (non-hydrogen) atoms. The summed E-state index contributed by atoms with van der Waals surface area (Å²) in [4.78, 5) is 14.4. The third-order valence-electron chi connectivity index (χ3n) is 2.72. The summed E-state index contributed by atoms with van der Waals surface area (Å²) in [6.07, 6.45) is 2.22.